The zero-order valence-electron chi connectivity index (χ0n) is 15.2. The maximum atomic E-state index is 12.0. The number of carbonyl (C=O) groups is 2. The molecule has 0 aliphatic carbocycles. The molecule has 0 aromatic heterocycles. The number of alkyl carbamates (subject to hydrolysis) is 1. The van der Waals surface area contributed by atoms with Gasteiger partial charge in [0.2, 0.25) is 0 Å². The SMILES string of the molecule is CC(C)(C)OC(=O)NCC1(N)CCN(C(=O)OC(C)(C)C)CC1. The highest BCUT2D eigenvalue weighted by Gasteiger charge is 2.34. The molecule has 1 aliphatic heterocycles. The first-order chi connectivity index (χ1) is 10.3. The summed E-state index contributed by atoms with van der Waals surface area (Å²) in [6.07, 6.45) is 0.404. The summed E-state index contributed by atoms with van der Waals surface area (Å²) in [4.78, 5) is 25.4. The second-order valence-corrected chi connectivity index (χ2v) is 8.19. The Hall–Kier alpha value is -1.50. The monoisotopic (exact) mass is 329 g/mol. The molecular weight excluding hydrogens is 298 g/mol. The Morgan fingerprint density at radius 1 is 1.04 bits per heavy atom. The average Bonchev–Trinajstić information content (AvgIpc) is 2.33. The van der Waals surface area contributed by atoms with Crippen molar-refractivity contribution in [2.45, 2.75) is 71.1 Å². The number of hydrogen-bond acceptors (Lipinski definition) is 5. The van der Waals surface area contributed by atoms with Crippen LogP contribution in [0, 0.1) is 0 Å². The van der Waals surface area contributed by atoms with E-state index in [1.165, 1.54) is 0 Å². The molecule has 1 rings (SSSR count). The summed E-state index contributed by atoms with van der Waals surface area (Å²) >= 11 is 0. The van der Waals surface area contributed by atoms with Crippen LogP contribution in [0.4, 0.5) is 9.59 Å². The lowest BCUT2D eigenvalue weighted by Crippen LogP contribution is -2.58. The second-order valence-electron chi connectivity index (χ2n) is 8.19. The molecule has 0 radical (unpaired) electrons. The lowest BCUT2D eigenvalue weighted by molar-refractivity contribution is 0.0160. The number of hydrogen-bond donors (Lipinski definition) is 2. The maximum absolute atomic E-state index is 12.0. The van der Waals surface area contributed by atoms with Gasteiger partial charge in [0.15, 0.2) is 0 Å². The van der Waals surface area contributed by atoms with E-state index in [1.807, 2.05) is 41.5 Å². The van der Waals surface area contributed by atoms with Crippen LogP contribution in [0.25, 0.3) is 0 Å². The molecule has 0 spiro atoms. The van der Waals surface area contributed by atoms with Crippen LogP contribution >= 0.6 is 0 Å². The van der Waals surface area contributed by atoms with E-state index in [-0.39, 0.29) is 6.09 Å². The summed E-state index contributed by atoms with van der Waals surface area (Å²) in [6.45, 7) is 12.3. The molecule has 23 heavy (non-hydrogen) atoms. The van der Waals surface area contributed by atoms with Gasteiger partial charge >= 0.3 is 12.2 Å². The average molecular weight is 329 g/mol. The van der Waals surface area contributed by atoms with Gasteiger partial charge < -0.3 is 25.4 Å². The molecule has 3 N–H and O–H groups in total. The summed E-state index contributed by atoms with van der Waals surface area (Å²) in [5.74, 6) is 0. The predicted octanol–water partition coefficient (Wildman–Crippen LogP) is 2.24. The third-order valence-electron chi connectivity index (χ3n) is 3.39. The highest BCUT2D eigenvalue weighted by Crippen LogP contribution is 2.21. The minimum atomic E-state index is -0.536. The lowest BCUT2D eigenvalue weighted by Gasteiger charge is -2.39. The van der Waals surface area contributed by atoms with Crippen molar-refractivity contribution in [2.24, 2.45) is 5.73 Å². The van der Waals surface area contributed by atoms with Crippen molar-refractivity contribution in [1.82, 2.24) is 10.2 Å². The van der Waals surface area contributed by atoms with Gasteiger partial charge in [-0.3, -0.25) is 0 Å². The van der Waals surface area contributed by atoms with Crippen LogP contribution in [0.3, 0.4) is 0 Å². The van der Waals surface area contributed by atoms with Crippen molar-refractivity contribution >= 4 is 12.2 Å². The zero-order chi connectivity index (χ0) is 17.9. The molecule has 134 valence electrons. The number of nitrogens with one attached hydrogen (secondary N) is 1. The Morgan fingerprint density at radius 3 is 1.96 bits per heavy atom. The first kappa shape index (κ1) is 19.5. The quantitative estimate of drug-likeness (QED) is 0.810. The normalized spacial score (nSPS) is 18.3. The molecule has 0 aromatic rings. The van der Waals surface area contributed by atoms with Crippen LogP contribution in [0.2, 0.25) is 0 Å². The van der Waals surface area contributed by atoms with Crippen LogP contribution in [0.1, 0.15) is 54.4 Å². The zero-order valence-corrected chi connectivity index (χ0v) is 15.2. The maximum Gasteiger partial charge on any atom is 0.410 e. The van der Waals surface area contributed by atoms with Gasteiger partial charge in [0.1, 0.15) is 11.2 Å². The Balaban J connectivity index is 2.42. The fourth-order valence-electron chi connectivity index (χ4n) is 2.20. The Labute approximate surface area is 138 Å². The minimum Gasteiger partial charge on any atom is -0.444 e. The first-order valence-corrected chi connectivity index (χ1v) is 8.03. The molecule has 1 aliphatic rings. The lowest BCUT2D eigenvalue weighted by atomic mass is 9.89. The molecule has 0 aromatic carbocycles. The van der Waals surface area contributed by atoms with Crippen molar-refractivity contribution in [2.75, 3.05) is 19.6 Å². The smallest absolute Gasteiger partial charge is 0.410 e. The van der Waals surface area contributed by atoms with Crippen LogP contribution in [0.5, 0.6) is 0 Å². The highest BCUT2D eigenvalue weighted by atomic mass is 16.6. The first-order valence-electron chi connectivity index (χ1n) is 8.03. The Morgan fingerprint density at radius 2 is 1.52 bits per heavy atom. The van der Waals surface area contributed by atoms with Crippen molar-refractivity contribution in [3.63, 3.8) is 0 Å². The van der Waals surface area contributed by atoms with Gasteiger partial charge in [0.25, 0.3) is 0 Å². The predicted molar refractivity (Wildman–Crippen MR) is 88.2 cm³/mol. The third-order valence-corrected chi connectivity index (χ3v) is 3.39. The van der Waals surface area contributed by atoms with E-state index in [1.54, 1.807) is 4.90 Å². The second kappa shape index (κ2) is 6.95. The van der Waals surface area contributed by atoms with Gasteiger partial charge in [-0.25, -0.2) is 9.59 Å². The van der Waals surface area contributed by atoms with Gasteiger partial charge in [0, 0.05) is 25.2 Å². The molecule has 0 atom stereocenters. The number of carbonyl (C=O) groups excluding carboxylic acids is 2. The van der Waals surface area contributed by atoms with E-state index < -0.39 is 22.8 Å². The Bertz CT molecular complexity index is 430. The third kappa shape index (κ3) is 7.54. The van der Waals surface area contributed by atoms with Gasteiger partial charge in [-0.05, 0) is 54.4 Å². The van der Waals surface area contributed by atoms with E-state index in [9.17, 15) is 9.59 Å². The summed E-state index contributed by atoms with van der Waals surface area (Å²) in [6, 6.07) is 0. The summed E-state index contributed by atoms with van der Waals surface area (Å²) in [5, 5.41) is 2.71. The molecule has 1 saturated heterocycles. The molecule has 0 unspecified atom stereocenters. The topological polar surface area (TPSA) is 93.9 Å². The number of nitrogens with zero attached hydrogens (tertiary/aromatic N) is 1. The molecule has 0 saturated carbocycles. The molecule has 7 nitrogen and oxygen atoms in total. The van der Waals surface area contributed by atoms with Crippen molar-refractivity contribution in [3.05, 3.63) is 0 Å². The van der Waals surface area contributed by atoms with E-state index in [4.69, 9.17) is 15.2 Å². The van der Waals surface area contributed by atoms with Gasteiger partial charge in [-0.1, -0.05) is 0 Å². The van der Waals surface area contributed by atoms with Crippen LogP contribution in [-0.4, -0.2) is 53.5 Å². The highest BCUT2D eigenvalue weighted by molar-refractivity contribution is 5.68. The molecule has 1 heterocycles. The molecule has 2 amide bonds. The van der Waals surface area contributed by atoms with Gasteiger partial charge in [-0.15, -0.1) is 0 Å². The number of nitrogens with two attached hydrogens (primary N) is 1. The van der Waals surface area contributed by atoms with Crippen molar-refractivity contribution in [3.8, 4) is 0 Å². The van der Waals surface area contributed by atoms with E-state index in [0.29, 0.717) is 32.5 Å². The van der Waals surface area contributed by atoms with E-state index in [0.717, 1.165) is 0 Å². The molecule has 7 heteroatoms. The number of piperidine rings is 1. The fourth-order valence-corrected chi connectivity index (χ4v) is 2.20. The van der Waals surface area contributed by atoms with Crippen LogP contribution in [-0.2, 0) is 9.47 Å². The molecule has 0 bridgehead atoms. The summed E-state index contributed by atoms with van der Waals surface area (Å²) < 4.78 is 10.6. The Kier molecular flexibility index (Phi) is 5.90. The largest absolute Gasteiger partial charge is 0.444 e. The van der Waals surface area contributed by atoms with Crippen molar-refractivity contribution in [1.29, 1.82) is 0 Å². The number of ether oxygens (including phenoxy) is 2. The number of likely N-dealkylation sites (tertiary alicyclic amines) is 1. The number of amides is 2. The van der Waals surface area contributed by atoms with Gasteiger partial charge in [-0.2, -0.15) is 0 Å². The summed E-state index contributed by atoms with van der Waals surface area (Å²) in [7, 11) is 0. The van der Waals surface area contributed by atoms with Gasteiger partial charge in [0.05, 0.1) is 0 Å². The van der Waals surface area contributed by atoms with E-state index >= 15 is 0 Å². The standard InChI is InChI=1S/C16H31N3O4/c1-14(2,3)22-12(20)18-11-16(17)7-9-19(10-8-16)13(21)23-15(4,5)6/h7-11,17H2,1-6H3,(H,18,20). The van der Waals surface area contributed by atoms with E-state index in [2.05, 4.69) is 5.32 Å². The fraction of sp³-hybridized carbons (Fsp3) is 0.875. The number of rotatable bonds is 2. The molecule has 1 fully saturated rings. The van der Waals surface area contributed by atoms with Crippen LogP contribution < -0.4 is 11.1 Å². The van der Waals surface area contributed by atoms with Crippen LogP contribution in [0.15, 0.2) is 0 Å². The summed E-state index contributed by atoms with van der Waals surface area (Å²) in [5.41, 5.74) is 4.74. The molecular formula is C16H31N3O4. The minimum absolute atomic E-state index is 0.320. The van der Waals surface area contributed by atoms with Crippen molar-refractivity contribution < 1.29 is 19.1 Å².